The first-order valence-corrected chi connectivity index (χ1v) is 4.73. The Bertz CT molecular complexity index is 312. The highest BCUT2D eigenvalue weighted by atomic mass is 35.5. The molecule has 0 amide bonds. The number of nitrogens with zero attached hydrogens (tertiary/aromatic N) is 2. The Morgan fingerprint density at radius 2 is 1.93 bits per heavy atom. The third-order valence-corrected chi connectivity index (χ3v) is 2.07. The Balaban J connectivity index is 0.00000196. The summed E-state index contributed by atoms with van der Waals surface area (Å²) < 4.78 is 4.33. The van der Waals surface area contributed by atoms with Crippen LogP contribution in [0.15, 0.2) is 50.4 Å². The summed E-state index contributed by atoms with van der Waals surface area (Å²) in [6.07, 6.45) is 10.7. The zero-order valence-electron chi connectivity index (χ0n) is 8.90. The number of rotatable bonds is 6. The average Bonchev–Trinajstić information content (AvgIpc) is 2.52. The van der Waals surface area contributed by atoms with Crippen LogP contribution in [0.4, 0.5) is 0 Å². The fourth-order valence-electron chi connectivity index (χ4n) is 1.47. The molecule has 1 aromatic heterocycles. The van der Waals surface area contributed by atoms with Crippen LogP contribution in [-0.2, 0) is 19.5 Å². The molecule has 0 fully saturated rings. The van der Waals surface area contributed by atoms with Crippen molar-refractivity contribution in [1.29, 1.82) is 0 Å². The van der Waals surface area contributed by atoms with Crippen molar-refractivity contribution >= 4 is 0 Å². The maximum absolute atomic E-state index is 3.76. The van der Waals surface area contributed by atoms with Gasteiger partial charge in [0.15, 0.2) is 0 Å². The molecule has 0 unspecified atom stereocenters. The summed E-state index contributed by atoms with van der Waals surface area (Å²) in [5, 5.41) is 0. The predicted octanol–water partition coefficient (Wildman–Crippen LogP) is -1.12. The van der Waals surface area contributed by atoms with Crippen molar-refractivity contribution in [3.63, 3.8) is 0 Å². The number of hydrogen-bond donors (Lipinski definition) is 0. The lowest BCUT2D eigenvalue weighted by atomic mass is 10.4. The van der Waals surface area contributed by atoms with Gasteiger partial charge in [-0.15, -0.1) is 6.58 Å². The fourth-order valence-corrected chi connectivity index (χ4v) is 1.47. The van der Waals surface area contributed by atoms with Crippen LogP contribution in [0.2, 0.25) is 0 Å². The van der Waals surface area contributed by atoms with Crippen LogP contribution >= 0.6 is 0 Å². The van der Waals surface area contributed by atoms with E-state index in [2.05, 4.69) is 41.3 Å². The van der Waals surface area contributed by atoms with Gasteiger partial charge in [0, 0.05) is 0 Å². The molecule has 0 radical (unpaired) electrons. The van der Waals surface area contributed by atoms with E-state index >= 15 is 0 Å². The Kier molecular flexibility index (Phi) is 6.47. The summed E-state index contributed by atoms with van der Waals surface area (Å²) in [5.74, 6) is 1.24. The summed E-state index contributed by atoms with van der Waals surface area (Å²) in [7, 11) is 0. The normalized spacial score (nSPS) is 9.07. The Hall–Kier alpha value is -1.28. The molecule has 0 aromatic carbocycles. The highest BCUT2D eigenvalue weighted by Crippen LogP contribution is 1.98. The highest BCUT2D eigenvalue weighted by Gasteiger charge is 2.12. The van der Waals surface area contributed by atoms with Gasteiger partial charge in [0.2, 0.25) is 0 Å². The summed E-state index contributed by atoms with van der Waals surface area (Å²) in [6, 6.07) is 0. The van der Waals surface area contributed by atoms with E-state index in [1.807, 2.05) is 18.2 Å². The van der Waals surface area contributed by atoms with Crippen molar-refractivity contribution in [2.24, 2.45) is 0 Å². The minimum Gasteiger partial charge on any atom is -1.00 e. The van der Waals surface area contributed by atoms with Crippen LogP contribution in [0, 0.1) is 0 Å². The summed E-state index contributed by atoms with van der Waals surface area (Å²) in [4.78, 5) is 0. The molecule has 0 spiro atoms. The van der Waals surface area contributed by atoms with E-state index in [4.69, 9.17) is 0 Å². The molecule has 0 aliphatic carbocycles. The van der Waals surface area contributed by atoms with Crippen molar-refractivity contribution < 1.29 is 17.0 Å². The van der Waals surface area contributed by atoms with Gasteiger partial charge in [0.25, 0.3) is 5.82 Å². The minimum absolute atomic E-state index is 0. The second-order valence-corrected chi connectivity index (χ2v) is 3.09. The zero-order valence-corrected chi connectivity index (χ0v) is 9.66. The smallest absolute Gasteiger partial charge is 0.260 e. The molecule has 0 aliphatic rings. The monoisotopic (exact) mass is 224 g/mol. The van der Waals surface area contributed by atoms with Gasteiger partial charge in [-0.05, 0) is 0 Å². The van der Waals surface area contributed by atoms with Crippen LogP contribution in [0.5, 0.6) is 0 Å². The molecule has 0 bridgehead atoms. The van der Waals surface area contributed by atoms with Crippen molar-refractivity contribution in [3.8, 4) is 0 Å². The minimum atomic E-state index is 0. The van der Waals surface area contributed by atoms with Gasteiger partial charge < -0.3 is 12.4 Å². The second-order valence-electron chi connectivity index (χ2n) is 3.09. The van der Waals surface area contributed by atoms with E-state index in [0.717, 1.165) is 19.5 Å². The lowest BCUT2D eigenvalue weighted by Gasteiger charge is -1.98. The van der Waals surface area contributed by atoms with Crippen LogP contribution < -0.4 is 17.0 Å². The second kappa shape index (κ2) is 7.07. The summed E-state index contributed by atoms with van der Waals surface area (Å²) in [6.45, 7) is 12.9. The molecule has 3 heteroatoms. The van der Waals surface area contributed by atoms with Crippen molar-refractivity contribution in [2.45, 2.75) is 19.5 Å². The van der Waals surface area contributed by atoms with Crippen LogP contribution in [-0.4, -0.2) is 4.57 Å². The van der Waals surface area contributed by atoms with E-state index in [1.165, 1.54) is 5.82 Å². The molecule has 82 valence electrons. The van der Waals surface area contributed by atoms with Crippen LogP contribution in [0.25, 0.3) is 0 Å². The van der Waals surface area contributed by atoms with E-state index < -0.39 is 0 Å². The molecule has 0 N–H and O–H groups in total. The number of halogens is 1. The van der Waals surface area contributed by atoms with Gasteiger partial charge in [0.05, 0.1) is 6.42 Å². The fraction of sp³-hybridized carbons (Fsp3) is 0.250. The summed E-state index contributed by atoms with van der Waals surface area (Å²) in [5.41, 5.74) is 0. The van der Waals surface area contributed by atoms with Gasteiger partial charge in [-0.2, -0.15) is 0 Å². The molecule has 1 heterocycles. The highest BCUT2D eigenvalue weighted by molar-refractivity contribution is 4.92. The molecular formula is C12H17ClN2. The van der Waals surface area contributed by atoms with Crippen molar-refractivity contribution in [1.82, 2.24) is 4.57 Å². The lowest BCUT2D eigenvalue weighted by Crippen LogP contribution is -3.00. The molecule has 15 heavy (non-hydrogen) atoms. The molecule has 0 saturated carbocycles. The van der Waals surface area contributed by atoms with Crippen LogP contribution in [0.1, 0.15) is 5.82 Å². The number of hydrogen-bond acceptors (Lipinski definition) is 0. The van der Waals surface area contributed by atoms with E-state index in [0.29, 0.717) is 0 Å². The largest absolute Gasteiger partial charge is 1.00 e. The molecule has 1 rings (SSSR count). The average molecular weight is 225 g/mol. The van der Waals surface area contributed by atoms with Gasteiger partial charge in [0.1, 0.15) is 25.5 Å². The first-order chi connectivity index (χ1) is 6.83. The maximum Gasteiger partial charge on any atom is 0.260 e. The molecule has 0 atom stereocenters. The number of aromatic nitrogens is 2. The third-order valence-electron chi connectivity index (χ3n) is 2.07. The quantitative estimate of drug-likeness (QED) is 0.428. The maximum atomic E-state index is 3.76. The van der Waals surface area contributed by atoms with E-state index in [9.17, 15) is 0 Å². The van der Waals surface area contributed by atoms with E-state index in [1.54, 1.807) is 0 Å². The third kappa shape index (κ3) is 3.40. The van der Waals surface area contributed by atoms with E-state index in [-0.39, 0.29) is 12.4 Å². The van der Waals surface area contributed by atoms with Gasteiger partial charge >= 0.3 is 0 Å². The SMILES string of the molecule is C=CCc1n(CC=C)cc[n+]1CC=C.[Cl-]. The Morgan fingerprint density at radius 3 is 2.47 bits per heavy atom. The standard InChI is InChI=1S/C12H17N2.ClH/c1-4-7-12-13(8-5-2)10-11-14(12)9-6-3;/h4-6,10-11H,1-3,7-9H2;1H/q+1;/p-1. The Morgan fingerprint density at radius 1 is 1.20 bits per heavy atom. The topological polar surface area (TPSA) is 8.81 Å². The molecule has 0 saturated heterocycles. The number of imidazole rings is 1. The lowest BCUT2D eigenvalue weighted by molar-refractivity contribution is -0.693. The molecular weight excluding hydrogens is 208 g/mol. The summed E-state index contributed by atoms with van der Waals surface area (Å²) >= 11 is 0. The van der Waals surface area contributed by atoms with Gasteiger partial charge in [-0.1, -0.05) is 31.4 Å². The Labute approximate surface area is 97.6 Å². The van der Waals surface area contributed by atoms with Crippen LogP contribution in [0.3, 0.4) is 0 Å². The first kappa shape index (κ1) is 13.7. The first-order valence-electron chi connectivity index (χ1n) is 4.73. The predicted molar refractivity (Wildman–Crippen MR) is 58.9 cm³/mol. The van der Waals surface area contributed by atoms with Crippen molar-refractivity contribution in [2.75, 3.05) is 0 Å². The molecule has 0 aliphatic heterocycles. The molecule has 1 aromatic rings. The van der Waals surface area contributed by atoms with Crippen molar-refractivity contribution in [3.05, 3.63) is 56.2 Å². The van der Waals surface area contributed by atoms with Gasteiger partial charge in [-0.3, -0.25) is 0 Å². The number of allylic oxidation sites excluding steroid dienone is 3. The van der Waals surface area contributed by atoms with Gasteiger partial charge in [-0.25, -0.2) is 9.13 Å². The zero-order chi connectivity index (χ0) is 10.4. The molecule has 2 nitrogen and oxygen atoms in total.